The average molecular weight is 177 g/mol. The first-order chi connectivity index (χ1) is 5.70. The first-order valence-corrected chi connectivity index (χ1v) is 6.54. The van der Waals surface area contributed by atoms with Crippen LogP contribution >= 0.6 is 0 Å². The van der Waals surface area contributed by atoms with Crippen LogP contribution in [0.2, 0.25) is 13.1 Å². The fraction of sp³-hybridized carbons (Fsp3) is 0.200. The number of phenols is 1. The van der Waals surface area contributed by atoms with Crippen molar-refractivity contribution in [3.63, 3.8) is 0 Å². The minimum Gasteiger partial charge on any atom is -0.507 e. The van der Waals surface area contributed by atoms with Crippen molar-refractivity contribution >= 4 is 14.9 Å². The zero-order chi connectivity index (χ0) is 8.97. The number of hydrogen-bond acceptors (Lipinski definition) is 1. The minimum absolute atomic E-state index is 0.340. The van der Waals surface area contributed by atoms with E-state index in [0.717, 1.165) is 5.56 Å². The van der Waals surface area contributed by atoms with Crippen LogP contribution in [0.5, 0.6) is 5.75 Å². The van der Waals surface area contributed by atoms with E-state index >= 15 is 0 Å². The summed E-state index contributed by atoms with van der Waals surface area (Å²) in [5.74, 6) is 0.358. The van der Waals surface area contributed by atoms with Gasteiger partial charge in [0.05, 0.1) is 8.80 Å². The first kappa shape index (κ1) is 9.07. The molecule has 1 rings (SSSR count). The Labute approximate surface area is 75.0 Å². The maximum atomic E-state index is 9.38. The zero-order valence-electron chi connectivity index (χ0n) is 7.41. The molecule has 2 heteroatoms. The summed E-state index contributed by atoms with van der Waals surface area (Å²) in [5, 5.41) is 9.38. The van der Waals surface area contributed by atoms with Gasteiger partial charge in [0.2, 0.25) is 0 Å². The predicted molar refractivity (Wildman–Crippen MR) is 54.6 cm³/mol. The van der Waals surface area contributed by atoms with Gasteiger partial charge in [-0.15, -0.1) is 0 Å². The van der Waals surface area contributed by atoms with Crippen molar-refractivity contribution < 1.29 is 5.11 Å². The van der Waals surface area contributed by atoms with Crippen molar-refractivity contribution in [1.82, 2.24) is 0 Å². The van der Waals surface area contributed by atoms with E-state index in [0.29, 0.717) is 5.75 Å². The van der Waals surface area contributed by atoms with Gasteiger partial charge in [0, 0.05) is 5.56 Å². The second kappa shape index (κ2) is 4.12. The van der Waals surface area contributed by atoms with E-state index < -0.39 is 0 Å². The summed E-state index contributed by atoms with van der Waals surface area (Å²) in [6.45, 7) is 4.42. The van der Waals surface area contributed by atoms with Crippen LogP contribution in [0.1, 0.15) is 5.56 Å². The monoisotopic (exact) mass is 177 g/mol. The SMILES string of the molecule is C[Si](C)/C=C/c1ccccc1O. The van der Waals surface area contributed by atoms with Crippen LogP contribution in [0.3, 0.4) is 0 Å². The van der Waals surface area contributed by atoms with Crippen LogP contribution < -0.4 is 0 Å². The van der Waals surface area contributed by atoms with Crippen LogP contribution in [-0.4, -0.2) is 13.9 Å². The Bertz CT molecular complexity index is 279. The van der Waals surface area contributed by atoms with E-state index in [1.165, 1.54) is 0 Å². The standard InChI is InChI=1S/C10H13OSi/c1-12(2)8-7-9-5-3-4-6-10(9)11/h3-8,11H,1-2H3/b8-7+. The zero-order valence-corrected chi connectivity index (χ0v) is 8.41. The molecule has 0 bridgehead atoms. The van der Waals surface area contributed by atoms with Crippen LogP contribution in [0.15, 0.2) is 30.0 Å². The van der Waals surface area contributed by atoms with E-state index in [4.69, 9.17) is 0 Å². The summed E-state index contributed by atoms with van der Waals surface area (Å²) in [6, 6.07) is 7.38. The van der Waals surface area contributed by atoms with Crippen molar-refractivity contribution in [2.45, 2.75) is 13.1 Å². The van der Waals surface area contributed by atoms with Crippen molar-refractivity contribution in [2.24, 2.45) is 0 Å². The third-order valence-electron chi connectivity index (χ3n) is 1.53. The highest BCUT2D eigenvalue weighted by Gasteiger charge is 1.94. The lowest BCUT2D eigenvalue weighted by molar-refractivity contribution is 0.474. The maximum Gasteiger partial charge on any atom is 0.122 e. The molecule has 0 atom stereocenters. The van der Waals surface area contributed by atoms with Gasteiger partial charge in [0.15, 0.2) is 0 Å². The molecule has 0 unspecified atom stereocenters. The summed E-state index contributed by atoms with van der Waals surface area (Å²) < 4.78 is 0. The van der Waals surface area contributed by atoms with Gasteiger partial charge in [-0.1, -0.05) is 43.1 Å². The van der Waals surface area contributed by atoms with Gasteiger partial charge in [0.1, 0.15) is 5.75 Å². The maximum absolute atomic E-state index is 9.38. The second-order valence-corrected chi connectivity index (χ2v) is 5.46. The summed E-state index contributed by atoms with van der Waals surface area (Å²) in [6.07, 6.45) is 1.99. The van der Waals surface area contributed by atoms with Crippen molar-refractivity contribution in [1.29, 1.82) is 0 Å². The molecule has 0 saturated carbocycles. The molecule has 0 aliphatic heterocycles. The van der Waals surface area contributed by atoms with Crippen LogP contribution in [0.4, 0.5) is 0 Å². The molecule has 1 aromatic rings. The van der Waals surface area contributed by atoms with Gasteiger partial charge in [-0.05, 0) is 6.07 Å². The topological polar surface area (TPSA) is 20.2 Å². The number of hydrogen-bond donors (Lipinski definition) is 1. The fourth-order valence-corrected chi connectivity index (χ4v) is 1.40. The van der Waals surface area contributed by atoms with Crippen molar-refractivity contribution in [2.75, 3.05) is 0 Å². The normalized spacial score (nSPS) is 11.2. The second-order valence-electron chi connectivity index (χ2n) is 2.97. The van der Waals surface area contributed by atoms with Crippen LogP contribution in [0, 0.1) is 0 Å². The summed E-state index contributed by atoms with van der Waals surface area (Å²) in [5.41, 5.74) is 3.07. The number of aromatic hydroxyl groups is 1. The predicted octanol–water partition coefficient (Wildman–Crippen LogP) is 2.70. The smallest absolute Gasteiger partial charge is 0.122 e. The Hall–Kier alpha value is -1.02. The molecule has 0 heterocycles. The molecule has 0 fully saturated rings. The van der Waals surface area contributed by atoms with E-state index in [1.807, 2.05) is 24.3 Å². The van der Waals surface area contributed by atoms with E-state index in [9.17, 15) is 5.11 Å². The van der Waals surface area contributed by atoms with E-state index in [2.05, 4.69) is 18.8 Å². The molecule has 1 radical (unpaired) electrons. The number of phenolic OH excluding ortho intramolecular Hbond substituents is 1. The molecule has 1 aromatic carbocycles. The van der Waals surface area contributed by atoms with Gasteiger partial charge >= 0.3 is 0 Å². The van der Waals surface area contributed by atoms with Crippen molar-refractivity contribution in [3.05, 3.63) is 35.5 Å². The molecule has 0 saturated heterocycles. The quantitative estimate of drug-likeness (QED) is 0.689. The van der Waals surface area contributed by atoms with E-state index in [1.54, 1.807) is 6.07 Å². The Balaban J connectivity index is 2.82. The molecule has 63 valence electrons. The number of benzene rings is 1. The molecule has 12 heavy (non-hydrogen) atoms. The molecule has 0 spiro atoms. The van der Waals surface area contributed by atoms with Gasteiger partial charge < -0.3 is 5.11 Å². The lowest BCUT2D eigenvalue weighted by atomic mass is 10.2. The number of rotatable bonds is 2. The first-order valence-electron chi connectivity index (χ1n) is 3.96. The molecule has 0 aliphatic carbocycles. The van der Waals surface area contributed by atoms with Gasteiger partial charge in [-0.25, -0.2) is 0 Å². The average Bonchev–Trinajstić information content (AvgIpc) is 2.03. The molecular formula is C10H13OSi. The molecule has 0 amide bonds. The van der Waals surface area contributed by atoms with Crippen molar-refractivity contribution in [3.8, 4) is 5.75 Å². The number of para-hydroxylation sites is 1. The summed E-state index contributed by atoms with van der Waals surface area (Å²) >= 11 is 0. The lowest BCUT2D eigenvalue weighted by Gasteiger charge is -1.97. The molecule has 1 nitrogen and oxygen atoms in total. The highest BCUT2D eigenvalue weighted by molar-refractivity contribution is 6.62. The summed E-state index contributed by atoms with van der Waals surface area (Å²) in [4.78, 5) is 0. The Morgan fingerprint density at radius 3 is 2.50 bits per heavy atom. The Morgan fingerprint density at radius 1 is 1.25 bits per heavy atom. The third kappa shape index (κ3) is 2.55. The molecule has 0 aliphatic rings. The van der Waals surface area contributed by atoms with Gasteiger partial charge in [-0.2, -0.15) is 0 Å². The minimum atomic E-state index is -0.340. The lowest BCUT2D eigenvalue weighted by Crippen LogP contribution is -1.91. The highest BCUT2D eigenvalue weighted by atomic mass is 28.3. The molecule has 1 N–H and O–H groups in total. The largest absolute Gasteiger partial charge is 0.507 e. The summed E-state index contributed by atoms with van der Waals surface area (Å²) in [7, 11) is -0.340. The van der Waals surface area contributed by atoms with Crippen LogP contribution in [0.25, 0.3) is 6.08 Å². The molecular weight excluding hydrogens is 164 g/mol. The Kier molecular flexibility index (Phi) is 3.11. The van der Waals surface area contributed by atoms with Gasteiger partial charge in [-0.3, -0.25) is 0 Å². The van der Waals surface area contributed by atoms with Crippen LogP contribution in [-0.2, 0) is 0 Å². The highest BCUT2D eigenvalue weighted by Crippen LogP contribution is 2.16. The molecule has 0 aromatic heterocycles. The van der Waals surface area contributed by atoms with E-state index in [-0.39, 0.29) is 8.80 Å². The fourth-order valence-electron chi connectivity index (χ4n) is 0.885. The Morgan fingerprint density at radius 2 is 1.92 bits per heavy atom. The third-order valence-corrected chi connectivity index (χ3v) is 2.37. The van der Waals surface area contributed by atoms with Gasteiger partial charge in [0.25, 0.3) is 0 Å².